The quantitative estimate of drug-likeness (QED) is 0.194. The number of carbonyl (C=O) groups excluding carboxylic acids is 1. The van der Waals surface area contributed by atoms with Crippen molar-refractivity contribution in [3.8, 4) is 28.4 Å². The highest BCUT2D eigenvalue weighted by atomic mass is 32.2. The van der Waals surface area contributed by atoms with Gasteiger partial charge in [-0.15, -0.1) is 0 Å². The van der Waals surface area contributed by atoms with E-state index < -0.39 is 34.5 Å². The Hall–Kier alpha value is -3.60. The summed E-state index contributed by atoms with van der Waals surface area (Å²) in [6.45, 7) is 0.672. The Balaban J connectivity index is 1.24. The zero-order valence-corrected chi connectivity index (χ0v) is 24.9. The molecule has 0 N–H and O–H groups in total. The molecule has 234 valence electrons. The monoisotopic (exact) mass is 632 g/mol. The van der Waals surface area contributed by atoms with Crippen LogP contribution in [0.2, 0.25) is 0 Å². The smallest absolute Gasteiger partial charge is 0.417 e. The molecule has 3 aliphatic rings. The normalized spacial score (nSPS) is 22.6. The van der Waals surface area contributed by atoms with Crippen LogP contribution >= 0.6 is 0 Å². The van der Waals surface area contributed by atoms with Crippen molar-refractivity contribution in [2.45, 2.75) is 50.3 Å². The molecule has 0 aromatic heterocycles. The van der Waals surface area contributed by atoms with Crippen molar-refractivity contribution in [2.75, 3.05) is 31.8 Å². The van der Waals surface area contributed by atoms with Crippen molar-refractivity contribution in [3.05, 3.63) is 76.6 Å². The lowest BCUT2D eigenvalue weighted by Crippen LogP contribution is -2.23. The molecular weight excluding hydrogens is 600 g/mol. The molecule has 3 aromatic carbocycles. The van der Waals surface area contributed by atoms with Crippen molar-refractivity contribution < 1.29 is 45.5 Å². The van der Waals surface area contributed by atoms with Crippen LogP contribution in [0.1, 0.15) is 60.0 Å². The van der Waals surface area contributed by atoms with Gasteiger partial charge in [0.15, 0.2) is 0 Å². The van der Waals surface area contributed by atoms with Gasteiger partial charge in [-0.25, -0.2) is 4.39 Å². The first kappa shape index (κ1) is 30.4. The molecule has 3 aromatic rings. The third-order valence-electron chi connectivity index (χ3n) is 8.65. The molecular formula is C33H32F4O6S. The van der Waals surface area contributed by atoms with E-state index in [-0.39, 0.29) is 47.5 Å². The first-order chi connectivity index (χ1) is 21.1. The van der Waals surface area contributed by atoms with Gasteiger partial charge in [0.05, 0.1) is 32.3 Å². The average Bonchev–Trinajstić information content (AvgIpc) is 3.59. The van der Waals surface area contributed by atoms with E-state index in [2.05, 4.69) is 0 Å². The number of hydrogen-bond acceptors (Lipinski definition) is 6. The van der Waals surface area contributed by atoms with Gasteiger partial charge >= 0.3 is 12.1 Å². The van der Waals surface area contributed by atoms with Gasteiger partial charge in [0.2, 0.25) is 0 Å². The first-order valence-corrected chi connectivity index (χ1v) is 16.1. The fourth-order valence-corrected chi connectivity index (χ4v) is 7.69. The van der Waals surface area contributed by atoms with E-state index in [1.54, 1.807) is 12.1 Å². The van der Waals surface area contributed by atoms with Crippen LogP contribution in [0.4, 0.5) is 17.6 Å². The van der Waals surface area contributed by atoms with Gasteiger partial charge in [-0.05, 0) is 67.0 Å². The Bertz CT molecular complexity index is 1580. The van der Waals surface area contributed by atoms with Crippen LogP contribution in [0.15, 0.2) is 48.5 Å². The molecule has 2 heterocycles. The zero-order valence-electron chi connectivity index (χ0n) is 24.1. The minimum atomic E-state index is -4.69. The number of alkyl halides is 3. The second kappa shape index (κ2) is 12.4. The predicted molar refractivity (Wildman–Crippen MR) is 156 cm³/mol. The van der Waals surface area contributed by atoms with E-state index in [1.165, 1.54) is 25.3 Å². The highest BCUT2D eigenvalue weighted by Crippen LogP contribution is 2.48. The topological polar surface area (TPSA) is 71.1 Å². The standard InChI is InChI=1S/C33H32F4O6S/c1-40-31(38)14-20-18-42-30-16-22(3-4-23(20)30)43-29-9-7-25-24(29)6-8-27(33(35,36)37)32(25)26-5-2-21(15-28(26)34)41-17-19-10-12-44(39)13-11-19/h2-6,8,15-16,19-20,29H,7,9-14,17-18H2,1H3/t19?,20-,29-,44?/m1/s1. The summed E-state index contributed by atoms with van der Waals surface area (Å²) in [6.07, 6.45) is -2.82. The van der Waals surface area contributed by atoms with Gasteiger partial charge in [0.25, 0.3) is 0 Å². The van der Waals surface area contributed by atoms with Gasteiger partial charge in [-0.1, -0.05) is 12.1 Å². The fourth-order valence-electron chi connectivity index (χ4n) is 6.29. The van der Waals surface area contributed by atoms with Crippen LogP contribution in [-0.2, 0) is 32.9 Å². The number of ether oxygens (including phenoxy) is 4. The Kier molecular flexibility index (Phi) is 8.59. The summed E-state index contributed by atoms with van der Waals surface area (Å²) in [5, 5.41) is 0. The Morgan fingerprint density at radius 3 is 2.48 bits per heavy atom. The number of rotatable bonds is 8. The average molecular weight is 633 g/mol. The second-order valence-corrected chi connectivity index (χ2v) is 13.1. The molecule has 0 bridgehead atoms. The third kappa shape index (κ3) is 6.29. The Labute approximate surface area is 255 Å². The van der Waals surface area contributed by atoms with Crippen molar-refractivity contribution >= 4 is 16.8 Å². The molecule has 0 amide bonds. The van der Waals surface area contributed by atoms with Crippen molar-refractivity contribution in [3.63, 3.8) is 0 Å². The van der Waals surface area contributed by atoms with Gasteiger partial charge in [0.1, 0.15) is 29.2 Å². The molecule has 6 nitrogen and oxygen atoms in total. The molecule has 6 rings (SSSR count). The first-order valence-electron chi connectivity index (χ1n) is 14.6. The van der Waals surface area contributed by atoms with Crippen LogP contribution in [0, 0.1) is 11.7 Å². The molecule has 11 heteroatoms. The highest BCUT2D eigenvalue weighted by molar-refractivity contribution is 7.85. The number of methoxy groups -OCH3 is 1. The lowest BCUT2D eigenvalue weighted by Gasteiger charge is -2.22. The molecule has 1 aliphatic carbocycles. The Morgan fingerprint density at radius 1 is 1.00 bits per heavy atom. The van der Waals surface area contributed by atoms with Gasteiger partial charge in [-0.2, -0.15) is 13.2 Å². The molecule has 0 unspecified atom stereocenters. The summed E-state index contributed by atoms with van der Waals surface area (Å²) >= 11 is 0. The minimum absolute atomic E-state index is 0.132. The summed E-state index contributed by atoms with van der Waals surface area (Å²) in [6, 6.07) is 11.7. The number of esters is 1. The maximum absolute atomic E-state index is 15.5. The van der Waals surface area contributed by atoms with E-state index in [1.807, 2.05) is 6.07 Å². The van der Waals surface area contributed by atoms with Crippen molar-refractivity contribution in [1.29, 1.82) is 0 Å². The van der Waals surface area contributed by atoms with Crippen LogP contribution in [0.5, 0.6) is 17.2 Å². The number of halogens is 4. The van der Waals surface area contributed by atoms with Crippen molar-refractivity contribution in [1.82, 2.24) is 0 Å². The van der Waals surface area contributed by atoms with Crippen LogP contribution in [0.25, 0.3) is 11.1 Å². The highest BCUT2D eigenvalue weighted by Gasteiger charge is 2.39. The van der Waals surface area contributed by atoms with Gasteiger partial charge < -0.3 is 18.9 Å². The van der Waals surface area contributed by atoms with Gasteiger partial charge in [0, 0.05) is 57.0 Å². The van der Waals surface area contributed by atoms with Crippen LogP contribution in [-0.4, -0.2) is 42.0 Å². The molecule has 0 radical (unpaired) electrons. The fraction of sp³-hybridized carbons (Fsp3) is 0.424. The number of carbonyl (C=O) groups is 1. The van der Waals surface area contributed by atoms with E-state index in [0.717, 1.165) is 30.5 Å². The summed E-state index contributed by atoms with van der Waals surface area (Å²) in [7, 11) is 0.534. The van der Waals surface area contributed by atoms with Gasteiger partial charge in [-0.3, -0.25) is 9.00 Å². The van der Waals surface area contributed by atoms with E-state index in [0.29, 0.717) is 53.8 Å². The van der Waals surface area contributed by atoms with Crippen LogP contribution < -0.4 is 14.2 Å². The van der Waals surface area contributed by atoms with E-state index in [9.17, 15) is 22.2 Å². The minimum Gasteiger partial charge on any atom is -0.493 e. The largest absolute Gasteiger partial charge is 0.493 e. The maximum atomic E-state index is 15.5. The summed E-state index contributed by atoms with van der Waals surface area (Å²) < 4.78 is 92.4. The maximum Gasteiger partial charge on any atom is 0.417 e. The summed E-state index contributed by atoms with van der Waals surface area (Å²) in [5.74, 6) is 1.49. The number of benzene rings is 3. The van der Waals surface area contributed by atoms with Crippen molar-refractivity contribution in [2.24, 2.45) is 5.92 Å². The molecule has 1 saturated heterocycles. The van der Waals surface area contributed by atoms with Crippen LogP contribution in [0.3, 0.4) is 0 Å². The SMILES string of the molecule is COC(=O)C[C@@H]1COc2cc(O[C@@H]3CCc4c3ccc(C(F)(F)F)c4-c3ccc(OCC4CCS(=O)CC4)cc3F)ccc21. The molecule has 1 fully saturated rings. The molecule has 44 heavy (non-hydrogen) atoms. The molecule has 2 atom stereocenters. The summed E-state index contributed by atoms with van der Waals surface area (Å²) in [4.78, 5) is 11.7. The van der Waals surface area contributed by atoms with E-state index in [4.69, 9.17) is 18.9 Å². The molecule has 2 aliphatic heterocycles. The summed E-state index contributed by atoms with van der Waals surface area (Å²) in [5.41, 5.74) is 0.628. The number of fused-ring (bicyclic) bond motifs is 2. The lowest BCUT2D eigenvalue weighted by molar-refractivity contribution is -0.141. The predicted octanol–water partition coefficient (Wildman–Crippen LogP) is 7.15. The second-order valence-electron chi connectivity index (χ2n) is 11.4. The third-order valence-corrected chi connectivity index (χ3v) is 10.0. The number of hydrogen-bond donors (Lipinski definition) is 0. The zero-order chi connectivity index (χ0) is 31.0. The van der Waals surface area contributed by atoms with E-state index >= 15 is 4.39 Å². The molecule has 0 saturated carbocycles. The lowest BCUT2D eigenvalue weighted by atomic mass is 9.91. The Morgan fingerprint density at radius 2 is 1.75 bits per heavy atom. The molecule has 0 spiro atoms.